The summed E-state index contributed by atoms with van der Waals surface area (Å²) in [4.78, 5) is 21.4. The molecule has 0 aromatic heterocycles. The molecule has 0 aromatic rings. The molecular weight excluding hydrogens is 236 g/mol. The maximum Gasteiger partial charge on any atom is 0.216 e. The Morgan fingerprint density at radius 3 is 2.00 bits per heavy atom. The van der Waals surface area contributed by atoms with Gasteiger partial charge in [0, 0.05) is 9.85 Å². The van der Waals surface area contributed by atoms with E-state index in [4.69, 9.17) is 0 Å². The summed E-state index contributed by atoms with van der Waals surface area (Å²) in [7, 11) is 0. The number of hydrogen-bond acceptors (Lipinski definition) is 4. The van der Waals surface area contributed by atoms with Crippen molar-refractivity contribution in [1.29, 1.82) is 0 Å². The Balaban J connectivity index is 1.61. The van der Waals surface area contributed by atoms with Crippen LogP contribution >= 0.6 is 0 Å². The molecule has 8 unspecified atom stereocenters. The van der Waals surface area contributed by atoms with Crippen LogP contribution in [-0.2, 0) is 0 Å². The second kappa shape index (κ2) is 2.42. The number of rotatable bonds is 4. The van der Waals surface area contributed by atoms with Crippen LogP contribution in [-0.4, -0.2) is 22.9 Å². The molecule has 0 spiro atoms. The van der Waals surface area contributed by atoms with Crippen LogP contribution in [0.15, 0.2) is 0 Å². The van der Waals surface area contributed by atoms with Crippen molar-refractivity contribution in [2.75, 3.05) is 13.1 Å². The maximum absolute atomic E-state index is 11.0. The van der Waals surface area contributed by atoms with Gasteiger partial charge >= 0.3 is 0 Å². The lowest BCUT2D eigenvalue weighted by Gasteiger charge is -2.63. The third-order valence-corrected chi connectivity index (χ3v) is 7.24. The molecule has 0 heterocycles. The van der Waals surface area contributed by atoms with E-state index in [0.29, 0.717) is 35.5 Å². The predicted octanol–water partition coefficient (Wildman–Crippen LogP) is 0.914. The summed E-state index contributed by atoms with van der Waals surface area (Å²) in [6, 6.07) is 0. The van der Waals surface area contributed by atoms with Crippen molar-refractivity contribution in [2.45, 2.75) is 6.42 Å². The highest BCUT2D eigenvalue weighted by atomic mass is 16.6. The highest BCUT2D eigenvalue weighted by Gasteiger charge is 2.92. The summed E-state index contributed by atoms with van der Waals surface area (Å²) < 4.78 is 0. The van der Waals surface area contributed by atoms with E-state index < -0.39 is 5.41 Å². The monoisotopic (exact) mass is 250 g/mol. The molecule has 6 rings (SSSR count). The predicted molar refractivity (Wildman–Crippen MR) is 58.7 cm³/mol. The number of nitro groups is 2. The highest BCUT2D eigenvalue weighted by molar-refractivity contribution is 5.36. The first-order chi connectivity index (χ1) is 8.56. The van der Waals surface area contributed by atoms with E-state index in [-0.39, 0.29) is 22.9 Å². The van der Waals surface area contributed by atoms with Crippen LogP contribution in [0.3, 0.4) is 0 Å². The first-order valence-electron chi connectivity index (χ1n) is 6.80. The molecule has 4 bridgehead atoms. The molecule has 6 heteroatoms. The Labute approximate surface area is 103 Å². The Hall–Kier alpha value is -1.20. The molecule has 6 aliphatic carbocycles. The normalized spacial score (nSPS) is 58.4. The fourth-order valence-corrected chi connectivity index (χ4v) is 7.58. The van der Waals surface area contributed by atoms with E-state index in [2.05, 4.69) is 0 Å². The van der Waals surface area contributed by atoms with Crippen molar-refractivity contribution >= 4 is 0 Å². The second-order valence-electron chi connectivity index (χ2n) is 7.14. The van der Waals surface area contributed by atoms with Crippen molar-refractivity contribution in [3.8, 4) is 0 Å². The van der Waals surface area contributed by atoms with E-state index in [9.17, 15) is 20.2 Å². The van der Waals surface area contributed by atoms with E-state index in [1.54, 1.807) is 0 Å². The molecule has 6 nitrogen and oxygen atoms in total. The van der Waals surface area contributed by atoms with E-state index in [1.807, 2.05) is 0 Å². The van der Waals surface area contributed by atoms with Crippen molar-refractivity contribution in [3.63, 3.8) is 0 Å². The summed E-state index contributed by atoms with van der Waals surface area (Å²) in [6.45, 7) is -0.328. The van der Waals surface area contributed by atoms with Crippen molar-refractivity contribution in [2.24, 2.45) is 52.8 Å². The fraction of sp³-hybridized carbons (Fsp3) is 1.00. The summed E-state index contributed by atoms with van der Waals surface area (Å²) in [6.07, 6.45) is 1.22. The molecule has 8 atom stereocenters. The van der Waals surface area contributed by atoms with Crippen molar-refractivity contribution in [1.82, 2.24) is 0 Å². The molecule has 96 valence electrons. The van der Waals surface area contributed by atoms with Gasteiger partial charge in [0.2, 0.25) is 13.1 Å². The van der Waals surface area contributed by atoms with E-state index in [1.165, 1.54) is 6.42 Å². The molecule has 0 N–H and O–H groups in total. The Morgan fingerprint density at radius 2 is 1.50 bits per heavy atom. The van der Waals surface area contributed by atoms with Crippen LogP contribution in [0.1, 0.15) is 6.42 Å². The molecule has 6 saturated carbocycles. The SMILES string of the molecule is O=[N+]([O-])CC1(C[N+](=O)[O-])C2C3CC4C5C3C1C5C42. The van der Waals surface area contributed by atoms with Crippen LogP contribution in [0.25, 0.3) is 0 Å². The molecule has 0 radical (unpaired) electrons. The van der Waals surface area contributed by atoms with Crippen molar-refractivity contribution < 1.29 is 9.85 Å². The zero-order valence-electron chi connectivity index (χ0n) is 9.77. The number of nitrogens with zero attached hydrogens (tertiary/aromatic N) is 2. The molecule has 0 amide bonds. The van der Waals surface area contributed by atoms with Crippen LogP contribution < -0.4 is 0 Å². The Kier molecular flexibility index (Phi) is 1.30. The summed E-state index contributed by atoms with van der Waals surface area (Å²) in [5, 5.41) is 22.0. The summed E-state index contributed by atoms with van der Waals surface area (Å²) >= 11 is 0. The van der Waals surface area contributed by atoms with E-state index >= 15 is 0 Å². The smallest absolute Gasteiger partial charge is 0.216 e. The first kappa shape index (κ1) is 9.69. The quantitative estimate of drug-likeness (QED) is 0.548. The van der Waals surface area contributed by atoms with Gasteiger partial charge in [-0.05, 0) is 53.8 Å². The molecule has 6 aliphatic rings. The highest BCUT2D eigenvalue weighted by Crippen LogP contribution is 2.92. The largest absolute Gasteiger partial charge is 0.265 e. The minimum atomic E-state index is -0.584. The molecule has 18 heavy (non-hydrogen) atoms. The first-order valence-corrected chi connectivity index (χ1v) is 6.80. The molecule has 6 fully saturated rings. The van der Waals surface area contributed by atoms with Crippen LogP contribution in [0.4, 0.5) is 0 Å². The lowest BCUT2D eigenvalue weighted by atomic mass is 9.40. The van der Waals surface area contributed by atoms with Gasteiger partial charge in [-0.25, -0.2) is 0 Å². The van der Waals surface area contributed by atoms with Crippen molar-refractivity contribution in [3.05, 3.63) is 20.2 Å². The minimum absolute atomic E-state index is 0.164. The van der Waals surface area contributed by atoms with Gasteiger partial charge in [-0.2, -0.15) is 0 Å². The third kappa shape index (κ3) is 0.671. The van der Waals surface area contributed by atoms with Gasteiger partial charge in [0.1, 0.15) is 5.41 Å². The van der Waals surface area contributed by atoms with Gasteiger partial charge in [0.05, 0.1) is 0 Å². The van der Waals surface area contributed by atoms with Gasteiger partial charge in [0.25, 0.3) is 0 Å². The lowest BCUT2D eigenvalue weighted by Crippen LogP contribution is -2.61. The zero-order chi connectivity index (χ0) is 12.4. The Morgan fingerprint density at radius 1 is 0.889 bits per heavy atom. The zero-order valence-corrected chi connectivity index (χ0v) is 9.77. The maximum atomic E-state index is 11.0. The number of hydrogen-bond donors (Lipinski definition) is 0. The van der Waals surface area contributed by atoms with Gasteiger partial charge < -0.3 is 0 Å². The standard InChI is InChI=1S/C12H14N2O4/c15-13(16)2-12(3-14(17)18)10-5-1-4-6-8(5)11(12)9(6)7(4)10/h4-11H,1-3H2. The van der Waals surface area contributed by atoms with Crippen LogP contribution in [0.2, 0.25) is 0 Å². The molecule has 0 aromatic carbocycles. The summed E-state index contributed by atoms with van der Waals surface area (Å²) in [5.41, 5.74) is -0.584. The Bertz CT molecular complexity index is 486. The topological polar surface area (TPSA) is 86.3 Å². The average Bonchev–Trinajstić information content (AvgIpc) is 2.67. The van der Waals surface area contributed by atoms with Crippen LogP contribution in [0, 0.1) is 73.0 Å². The van der Waals surface area contributed by atoms with Gasteiger partial charge in [0.15, 0.2) is 0 Å². The molecule has 0 saturated heterocycles. The average molecular weight is 250 g/mol. The van der Waals surface area contributed by atoms with Crippen LogP contribution in [0.5, 0.6) is 0 Å². The lowest BCUT2D eigenvalue weighted by molar-refractivity contribution is -0.545. The fourth-order valence-electron chi connectivity index (χ4n) is 7.58. The summed E-state index contributed by atoms with van der Waals surface area (Å²) in [5.74, 6) is 4.68. The van der Waals surface area contributed by atoms with Gasteiger partial charge in [-0.15, -0.1) is 0 Å². The van der Waals surface area contributed by atoms with Gasteiger partial charge in [-0.1, -0.05) is 0 Å². The van der Waals surface area contributed by atoms with E-state index in [0.717, 1.165) is 11.8 Å². The van der Waals surface area contributed by atoms with Gasteiger partial charge in [-0.3, -0.25) is 20.2 Å². The minimum Gasteiger partial charge on any atom is -0.265 e. The molecular formula is C12H14N2O4. The second-order valence-corrected chi connectivity index (χ2v) is 7.14. The third-order valence-electron chi connectivity index (χ3n) is 7.24. The molecule has 0 aliphatic heterocycles.